The predicted octanol–water partition coefficient (Wildman–Crippen LogP) is -86.1. The number of hydrogen-bond donors (Lipinski definition) is 0. The highest BCUT2D eigenvalue weighted by molar-refractivity contribution is 8.47. The normalized spacial score (nSPS) is 9.88. The third-order valence-electron chi connectivity index (χ3n) is 39.6. The SMILES string of the molecule is BB(B)B(B)B(B(B(B)B)B(B)B)B(B(B(B)B)B(B)B)B(B(B(B(B)B)B(B)B)B(B(B)B)B(B)B)B(B(B(B(B(B)B)B(B)B)B(B(B)B)B(B)B)B(B(B(B)B)B(B)B)B(B(B)B)B(B)B)B(B(B(B(B(B)B)B(B)B)B(B(B)B)B(B)B)B(B(B(B)B)B(B)B)B(B(B)B)B(B)B)B(B(B(B(B)B)B(B)B)B(B(B)B)B(B)B)B(B(B(B)B)B(B)B)B(B(B)B)B(B)B. The molecule has 0 unspecified atom stereocenters. The molecule has 0 aliphatic heterocycles. The second-order valence-electron chi connectivity index (χ2n) is 59.8. The van der Waals surface area contributed by atoms with Gasteiger partial charge in [-0.2, -0.15) is 0 Å². The second-order valence-corrected chi connectivity index (χ2v) is 59.8. The Balaban J connectivity index is 17.6. The van der Waals surface area contributed by atoms with Crippen molar-refractivity contribution in [3.63, 3.8) is 0 Å². The fourth-order valence-corrected chi connectivity index (χ4v) is 38.7. The van der Waals surface area contributed by atoms with Crippen LogP contribution in [-0.2, 0) is 0 Å². The molecule has 132 heteroatoms. The van der Waals surface area contributed by atoms with Crippen molar-refractivity contribution in [2.24, 2.45) is 0 Å². The van der Waals surface area contributed by atoms with Crippen molar-refractivity contribution in [3.8, 4) is 0 Å². The van der Waals surface area contributed by atoms with E-state index in [4.69, 9.17) is 0 Å². The van der Waals surface area contributed by atoms with Crippen molar-refractivity contribution in [2.75, 3.05) is 0 Å². The summed E-state index contributed by atoms with van der Waals surface area (Å²) < 4.78 is 0. The van der Waals surface area contributed by atoms with Gasteiger partial charge in [0.15, 0.2) is 0 Å². The minimum atomic E-state index is 0.279. The van der Waals surface area contributed by atoms with E-state index in [0.717, 1.165) is 0 Å². The molecular formula is H134B132. The van der Waals surface area contributed by atoms with Crippen LogP contribution in [0.25, 0.3) is 0 Å². The highest BCUT2D eigenvalue weighted by atomic mass is 13.5. The summed E-state index contributed by atoms with van der Waals surface area (Å²) in [5.74, 6) is 0. The summed E-state index contributed by atoms with van der Waals surface area (Å²) in [7, 11) is 192. The predicted molar refractivity (Wildman–Crippen MR) is 946 cm³/mol. The van der Waals surface area contributed by atoms with Crippen LogP contribution in [-0.4, -0.2) is 933 Å². The molecule has 0 saturated heterocycles. The molecular weight excluding hydrogens is 1430 g/mol. The molecule has 0 aliphatic carbocycles. The van der Waals surface area contributed by atoms with Crippen LogP contribution in [0.2, 0.25) is 0 Å². The summed E-state index contributed by atoms with van der Waals surface area (Å²) in [5, 5.41) is 0. The first kappa shape index (κ1) is 141. The van der Waals surface area contributed by atoms with Crippen LogP contribution >= 0.6 is 0 Å². The van der Waals surface area contributed by atoms with Gasteiger partial charge in [-0.15, -0.1) is 0 Å². The number of rotatable bonds is 64. The molecule has 0 amide bonds. The Bertz CT molecular complexity index is 2280. The van der Waals surface area contributed by atoms with Crippen molar-refractivity contribution in [1.82, 2.24) is 0 Å². The lowest BCUT2D eigenvalue weighted by Crippen LogP contribution is -3.03. The highest BCUT2D eigenvalue weighted by Gasteiger charge is 2.72. The van der Waals surface area contributed by atoms with Crippen LogP contribution in [0.4, 0.5) is 0 Å². The van der Waals surface area contributed by atoms with Gasteiger partial charge in [-0.1, -0.05) is 0 Å². The van der Waals surface area contributed by atoms with Gasteiger partial charge in [-0.3, -0.25) is 0 Å². The van der Waals surface area contributed by atoms with E-state index in [9.17, 15) is 0 Å². The maximum absolute atomic E-state index is 2.98. The fourth-order valence-electron chi connectivity index (χ4n) is 38.7. The van der Waals surface area contributed by atoms with Gasteiger partial charge in [0.25, 0.3) is 0 Å². The van der Waals surface area contributed by atoms with E-state index in [-0.39, 0.29) is 12.8 Å². The van der Waals surface area contributed by atoms with Gasteiger partial charge < -0.3 is 0 Å². The summed E-state index contributed by atoms with van der Waals surface area (Å²) in [4.78, 5) is 0. The summed E-state index contributed by atoms with van der Waals surface area (Å²) in [6.45, 7) is 0. The minimum Gasteiger partial charge on any atom is 0.000000102 e. The van der Waals surface area contributed by atoms with Crippen LogP contribution in [0.1, 0.15) is 0 Å². The largest absolute Gasteiger partial charge is 0.0552 e. The smallest absolute Gasteiger partial charge is 0.000000102 e. The molecule has 0 rings (SSSR count). The number of hydrogen-bond acceptors (Lipinski definition) is 0. The Hall–Kier alpha value is 8.57. The summed E-state index contributed by atoms with van der Waals surface area (Å²) in [6.07, 6.45) is 28.8. The maximum atomic E-state index is 2.98. The van der Waals surface area contributed by atoms with Crippen LogP contribution < -0.4 is 0 Å². The van der Waals surface area contributed by atoms with Crippen molar-refractivity contribution >= 4 is 933 Å². The third-order valence-corrected chi connectivity index (χ3v) is 39.6. The van der Waals surface area contributed by atoms with Crippen molar-refractivity contribution in [3.05, 3.63) is 0 Å². The van der Waals surface area contributed by atoms with Crippen LogP contribution in [0, 0.1) is 0 Å². The quantitative estimate of drug-likeness (QED) is 0.0533. The lowest BCUT2D eigenvalue weighted by molar-refractivity contribution is 3.10. The van der Waals surface area contributed by atoms with Crippen molar-refractivity contribution < 1.29 is 0 Å². The van der Waals surface area contributed by atoms with E-state index in [1.54, 1.807) is 0 Å². The van der Waals surface area contributed by atoms with Gasteiger partial charge in [-0.05, 0) is 0 Å². The zero-order valence-electron chi connectivity index (χ0n) is 105. The Morgan fingerprint density at radius 1 is 0.0455 bits per heavy atom. The lowest BCUT2D eigenvalue weighted by atomic mass is 8.16. The van der Waals surface area contributed by atoms with E-state index in [0.29, 0.717) is 402 Å². The van der Waals surface area contributed by atoms with E-state index in [1.165, 1.54) is 0 Å². The van der Waals surface area contributed by atoms with E-state index in [1.807, 2.05) is 0 Å². The molecule has 0 atom stereocenters. The molecule has 0 nitrogen and oxygen atoms in total. The molecule has 0 bridgehead atoms. The van der Waals surface area contributed by atoms with Crippen molar-refractivity contribution in [2.45, 2.75) is 0 Å². The molecule has 0 spiro atoms. The van der Waals surface area contributed by atoms with Gasteiger partial charge in [0.05, 0.1) is 518 Å². The standard InChI is InChI=1S/B132H134/c1-68(2)101(67)118(102(69(3)4)70(5)6)126(117(99(63)64)100(65)66)130(125(115(95(55)56)96(57)58)116(97(59)60)98(61)62)132(129(123(111(87(39)40)88(41)42)112(89(43)44)90(45)46)124(113(91(47)48)92(49)50)114(93(51)52)94(53)54)131(127(119(103(71(7)8)72(9)10)104(73(11)12)74(13)14)120(105(75(15)16)76(17)18)106(77(19)20)78(21)22)128(121(107(79(23)24)80(25)26)108(81(27)28)82(29)30)122(109(83(31)32)84(33)34)110(85(35)36)86(37)38/h1-67H2. The Kier molecular flexibility index (Phi) is 68.9. The lowest BCUT2D eigenvalue weighted by Gasteiger charge is -2.64. The van der Waals surface area contributed by atoms with Gasteiger partial charge in [0, 0.05) is 415 Å². The Labute approximate surface area is 923 Å². The zero-order chi connectivity index (χ0) is 105. The molecule has 0 aromatic carbocycles. The van der Waals surface area contributed by atoms with E-state index in [2.05, 4.69) is 518 Å². The van der Waals surface area contributed by atoms with Crippen LogP contribution in [0.3, 0.4) is 0 Å². The van der Waals surface area contributed by atoms with E-state index >= 15 is 0 Å². The first-order valence-corrected chi connectivity index (χ1v) is 60.0. The van der Waals surface area contributed by atoms with Gasteiger partial charge in [-0.25, -0.2) is 0 Å². The van der Waals surface area contributed by atoms with Crippen LogP contribution in [0.15, 0.2) is 0 Å². The summed E-state index contributed by atoms with van der Waals surface area (Å²) >= 11 is 0. The Morgan fingerprint density at radius 3 is 0.144 bits per heavy atom. The second kappa shape index (κ2) is 64.7. The molecule has 0 aromatic rings. The first-order valence-electron chi connectivity index (χ1n) is 60.0. The van der Waals surface area contributed by atoms with Gasteiger partial charge in [0.1, 0.15) is 0 Å². The van der Waals surface area contributed by atoms with E-state index < -0.39 is 0 Å². The van der Waals surface area contributed by atoms with Crippen molar-refractivity contribution in [1.29, 1.82) is 0 Å². The Morgan fingerprint density at radius 2 is 0.0909 bits per heavy atom. The molecule has 0 radical (unpaired) electrons. The van der Waals surface area contributed by atoms with Gasteiger partial charge >= 0.3 is 0 Å². The molecule has 0 aromatic heterocycles. The monoisotopic (exact) mass is 1590 g/mol. The average molecular weight is 1560 g/mol. The third kappa shape index (κ3) is 37.5. The molecule has 0 N–H and O–H groups in total. The average Bonchev–Trinajstić information content (AvgIpc) is 0.697. The molecule has 530 valence electrons. The highest BCUT2D eigenvalue weighted by Crippen LogP contribution is 2.34. The zero-order valence-corrected chi connectivity index (χ0v) is 105. The molecule has 0 aliphatic rings. The topological polar surface area (TPSA) is 0 Å². The molecule has 0 fully saturated rings. The molecule has 0 saturated carbocycles. The summed E-state index contributed by atoms with van der Waals surface area (Å²) in [6, 6.07) is 0. The maximum Gasteiger partial charge on any atom is 0.0552 e. The van der Waals surface area contributed by atoms with Gasteiger partial charge in [0.2, 0.25) is 0 Å². The fraction of sp³-hybridized carbons (Fsp3) is 0. The molecule has 132 heavy (non-hydrogen) atoms. The first-order chi connectivity index (χ1) is 60.0. The minimum absolute atomic E-state index is 0.279. The molecule has 0 heterocycles. The summed E-state index contributed by atoms with van der Waals surface area (Å²) in [5.41, 5.74) is 0. The van der Waals surface area contributed by atoms with Crippen LogP contribution in [0.5, 0.6) is 0 Å².